The quantitative estimate of drug-likeness (QED) is 0.780. The highest BCUT2D eigenvalue weighted by atomic mass is 32.1. The van der Waals surface area contributed by atoms with Crippen molar-refractivity contribution in [3.05, 3.63) is 21.4 Å². The molecule has 19 heavy (non-hydrogen) atoms. The maximum atomic E-state index is 12.0. The molecule has 0 radical (unpaired) electrons. The molecule has 1 heterocycles. The first-order valence-corrected chi connectivity index (χ1v) is 6.51. The van der Waals surface area contributed by atoms with Crippen molar-refractivity contribution in [2.45, 2.75) is 13.3 Å². The SMILES string of the molecule is Cc1cc(C(=O)N(C)CC(N)=O)sc1C#CCCO. The molecule has 0 aliphatic rings. The van der Waals surface area contributed by atoms with E-state index in [0.29, 0.717) is 11.3 Å². The minimum atomic E-state index is -0.549. The first-order valence-electron chi connectivity index (χ1n) is 5.69. The number of aryl methyl sites for hydroxylation is 1. The van der Waals surface area contributed by atoms with Crippen LogP contribution in [0.4, 0.5) is 0 Å². The molecule has 6 heteroatoms. The minimum absolute atomic E-state index is 0.0184. The van der Waals surface area contributed by atoms with E-state index in [1.54, 1.807) is 6.07 Å². The Labute approximate surface area is 116 Å². The van der Waals surface area contributed by atoms with Crippen LogP contribution in [-0.2, 0) is 4.79 Å². The van der Waals surface area contributed by atoms with Crippen molar-refractivity contribution in [3.8, 4) is 11.8 Å². The van der Waals surface area contributed by atoms with Gasteiger partial charge in [0.05, 0.1) is 22.9 Å². The third-order valence-electron chi connectivity index (χ3n) is 2.31. The third-order valence-corrected chi connectivity index (χ3v) is 3.45. The van der Waals surface area contributed by atoms with Crippen molar-refractivity contribution in [2.75, 3.05) is 20.2 Å². The number of primary amides is 1. The molecular weight excluding hydrogens is 264 g/mol. The van der Waals surface area contributed by atoms with Gasteiger partial charge in [-0.25, -0.2) is 0 Å². The molecule has 0 unspecified atom stereocenters. The molecule has 0 aliphatic heterocycles. The van der Waals surface area contributed by atoms with Crippen LogP contribution in [0.2, 0.25) is 0 Å². The second-order valence-corrected chi connectivity index (χ2v) is 5.08. The Hall–Kier alpha value is -1.84. The molecule has 0 atom stereocenters. The van der Waals surface area contributed by atoms with Crippen molar-refractivity contribution >= 4 is 23.2 Å². The van der Waals surface area contributed by atoms with E-state index < -0.39 is 5.91 Å². The van der Waals surface area contributed by atoms with Gasteiger partial charge in [0.1, 0.15) is 0 Å². The van der Waals surface area contributed by atoms with Gasteiger partial charge in [-0.1, -0.05) is 11.8 Å². The molecule has 0 saturated heterocycles. The maximum absolute atomic E-state index is 12.0. The van der Waals surface area contributed by atoms with E-state index in [1.807, 2.05) is 6.92 Å². The fourth-order valence-corrected chi connectivity index (χ4v) is 2.45. The first-order chi connectivity index (χ1) is 8.95. The van der Waals surface area contributed by atoms with Gasteiger partial charge in [0.2, 0.25) is 5.91 Å². The number of amides is 2. The van der Waals surface area contributed by atoms with Gasteiger partial charge in [0.25, 0.3) is 5.91 Å². The number of rotatable bonds is 4. The summed E-state index contributed by atoms with van der Waals surface area (Å²) in [4.78, 5) is 25.4. The lowest BCUT2D eigenvalue weighted by Crippen LogP contribution is -2.34. The van der Waals surface area contributed by atoms with Crippen LogP contribution >= 0.6 is 11.3 Å². The molecule has 0 aromatic carbocycles. The summed E-state index contributed by atoms with van der Waals surface area (Å²) in [5, 5.41) is 8.66. The summed E-state index contributed by atoms with van der Waals surface area (Å²) in [6, 6.07) is 1.74. The van der Waals surface area contributed by atoms with Crippen LogP contribution in [0, 0.1) is 18.8 Å². The van der Waals surface area contributed by atoms with Gasteiger partial charge in [0, 0.05) is 13.5 Å². The van der Waals surface area contributed by atoms with Crippen molar-refractivity contribution in [1.29, 1.82) is 0 Å². The second kappa shape index (κ2) is 6.92. The lowest BCUT2D eigenvalue weighted by Gasteiger charge is -2.13. The van der Waals surface area contributed by atoms with Gasteiger partial charge in [-0.2, -0.15) is 0 Å². The molecule has 0 fully saturated rings. The number of likely N-dealkylation sites (N-methyl/N-ethyl adjacent to an activating group) is 1. The summed E-state index contributed by atoms with van der Waals surface area (Å²) in [6.45, 7) is 1.77. The number of carbonyl (C=O) groups is 2. The number of hydrogen-bond donors (Lipinski definition) is 2. The normalized spacial score (nSPS) is 9.63. The molecule has 2 amide bonds. The molecule has 1 aromatic heterocycles. The van der Waals surface area contributed by atoms with E-state index >= 15 is 0 Å². The highest BCUT2D eigenvalue weighted by molar-refractivity contribution is 7.14. The third kappa shape index (κ3) is 4.39. The average Bonchev–Trinajstić information content (AvgIpc) is 2.69. The van der Waals surface area contributed by atoms with E-state index in [4.69, 9.17) is 10.8 Å². The van der Waals surface area contributed by atoms with Crippen molar-refractivity contribution in [1.82, 2.24) is 4.90 Å². The zero-order valence-corrected chi connectivity index (χ0v) is 11.7. The van der Waals surface area contributed by atoms with E-state index in [2.05, 4.69) is 11.8 Å². The molecule has 3 N–H and O–H groups in total. The maximum Gasteiger partial charge on any atom is 0.264 e. The Bertz CT molecular complexity index is 540. The Balaban J connectivity index is 2.86. The molecule has 1 rings (SSSR count). The van der Waals surface area contributed by atoms with Gasteiger partial charge in [0.15, 0.2) is 0 Å². The van der Waals surface area contributed by atoms with Crippen molar-refractivity contribution in [2.24, 2.45) is 5.73 Å². The summed E-state index contributed by atoms with van der Waals surface area (Å²) in [5.74, 6) is 4.94. The summed E-state index contributed by atoms with van der Waals surface area (Å²) in [7, 11) is 1.53. The number of hydrogen-bond acceptors (Lipinski definition) is 4. The molecule has 0 spiro atoms. The number of nitrogens with two attached hydrogens (primary N) is 1. The van der Waals surface area contributed by atoms with Crippen LogP contribution in [0.25, 0.3) is 0 Å². The Morgan fingerprint density at radius 3 is 2.79 bits per heavy atom. The molecule has 0 saturated carbocycles. The molecule has 5 nitrogen and oxygen atoms in total. The van der Waals surface area contributed by atoms with Crippen LogP contribution in [0.15, 0.2) is 6.07 Å². The highest BCUT2D eigenvalue weighted by Crippen LogP contribution is 2.22. The molecule has 0 bridgehead atoms. The fraction of sp³-hybridized carbons (Fsp3) is 0.385. The topological polar surface area (TPSA) is 83.6 Å². The minimum Gasteiger partial charge on any atom is -0.395 e. The number of aliphatic hydroxyl groups excluding tert-OH is 1. The summed E-state index contributed by atoms with van der Waals surface area (Å²) in [6.07, 6.45) is 0.405. The van der Waals surface area contributed by atoms with Gasteiger partial charge < -0.3 is 15.7 Å². The molecular formula is C13H16N2O3S. The van der Waals surface area contributed by atoms with Gasteiger partial charge in [-0.15, -0.1) is 11.3 Å². The fourth-order valence-electron chi connectivity index (χ4n) is 1.40. The number of thiophene rings is 1. The standard InChI is InChI=1S/C13H16N2O3S/c1-9-7-11(13(18)15(2)8-12(14)17)19-10(9)5-3-4-6-16/h7,16H,4,6,8H2,1-2H3,(H2,14,17). The predicted octanol–water partition coefficient (Wildman–Crippen LogP) is 0.348. The number of aliphatic hydroxyl groups is 1. The van der Waals surface area contributed by atoms with Crippen LogP contribution in [-0.4, -0.2) is 42.0 Å². The second-order valence-electron chi connectivity index (χ2n) is 4.03. The van der Waals surface area contributed by atoms with Crippen molar-refractivity contribution in [3.63, 3.8) is 0 Å². The monoisotopic (exact) mass is 280 g/mol. The summed E-state index contributed by atoms with van der Waals surface area (Å²) >= 11 is 1.27. The predicted molar refractivity (Wildman–Crippen MR) is 73.8 cm³/mol. The van der Waals surface area contributed by atoms with Gasteiger partial charge in [-0.3, -0.25) is 9.59 Å². The zero-order chi connectivity index (χ0) is 14.4. The number of nitrogens with zero attached hydrogens (tertiary/aromatic N) is 1. The largest absolute Gasteiger partial charge is 0.395 e. The van der Waals surface area contributed by atoms with E-state index in [0.717, 1.165) is 10.4 Å². The highest BCUT2D eigenvalue weighted by Gasteiger charge is 2.16. The van der Waals surface area contributed by atoms with Crippen LogP contribution in [0.1, 0.15) is 26.5 Å². The molecule has 102 valence electrons. The van der Waals surface area contributed by atoms with Crippen LogP contribution in [0.5, 0.6) is 0 Å². The van der Waals surface area contributed by atoms with Crippen LogP contribution in [0.3, 0.4) is 0 Å². The Kier molecular flexibility index (Phi) is 5.55. The average molecular weight is 280 g/mol. The first kappa shape index (κ1) is 15.2. The Morgan fingerprint density at radius 1 is 1.53 bits per heavy atom. The van der Waals surface area contributed by atoms with Gasteiger partial charge >= 0.3 is 0 Å². The number of carbonyl (C=O) groups excluding carboxylic acids is 2. The van der Waals surface area contributed by atoms with Crippen molar-refractivity contribution < 1.29 is 14.7 Å². The molecule has 0 aliphatic carbocycles. The van der Waals surface area contributed by atoms with E-state index in [9.17, 15) is 9.59 Å². The smallest absolute Gasteiger partial charge is 0.264 e. The van der Waals surface area contributed by atoms with Gasteiger partial charge in [-0.05, 0) is 18.6 Å². The summed E-state index contributed by atoms with van der Waals surface area (Å²) in [5.41, 5.74) is 5.96. The zero-order valence-electron chi connectivity index (χ0n) is 10.9. The lowest BCUT2D eigenvalue weighted by atomic mass is 10.2. The van der Waals surface area contributed by atoms with Crippen LogP contribution < -0.4 is 5.73 Å². The molecule has 1 aromatic rings. The van der Waals surface area contributed by atoms with E-state index in [1.165, 1.54) is 23.3 Å². The lowest BCUT2D eigenvalue weighted by molar-refractivity contribution is -0.118. The Morgan fingerprint density at radius 2 is 2.21 bits per heavy atom. The van der Waals surface area contributed by atoms with E-state index in [-0.39, 0.29) is 19.1 Å². The summed E-state index contributed by atoms with van der Waals surface area (Å²) < 4.78 is 0.